The Bertz CT molecular complexity index is 1080. The van der Waals surface area contributed by atoms with Crippen LogP contribution in [0.2, 0.25) is 0 Å². The van der Waals surface area contributed by atoms with Crippen LogP contribution in [0, 0.1) is 6.92 Å². The Kier molecular flexibility index (Phi) is 5.87. The Morgan fingerprint density at radius 1 is 0.935 bits per heavy atom. The molecule has 0 amide bonds. The van der Waals surface area contributed by atoms with Crippen molar-refractivity contribution >= 4 is 11.9 Å². The minimum atomic E-state index is -1.04. The zero-order valence-electron chi connectivity index (χ0n) is 17.3. The standard InChI is InChI=1S/C26H25NO4/c1-16-8-2-3-9-17(16)25(23(27)14-24(28)29)26(30)31-15-22-20-12-6-4-10-18(20)19-11-5-7-13-21(19)22/h2-13,22-23,25H,14-15,27H2,1H3,(H,28,29)/t23-,25-/m1/s1. The molecule has 3 aromatic rings. The molecule has 31 heavy (non-hydrogen) atoms. The molecule has 3 N–H and O–H groups in total. The van der Waals surface area contributed by atoms with E-state index in [0.29, 0.717) is 5.56 Å². The van der Waals surface area contributed by atoms with Gasteiger partial charge in [-0.2, -0.15) is 0 Å². The number of rotatable bonds is 7. The molecule has 0 heterocycles. The van der Waals surface area contributed by atoms with Crippen LogP contribution in [0.15, 0.2) is 72.8 Å². The summed E-state index contributed by atoms with van der Waals surface area (Å²) in [5.74, 6) is -2.45. The van der Waals surface area contributed by atoms with Crippen molar-refractivity contribution in [3.63, 3.8) is 0 Å². The molecule has 5 heteroatoms. The lowest BCUT2D eigenvalue weighted by Crippen LogP contribution is -2.37. The fourth-order valence-corrected chi connectivity index (χ4v) is 4.48. The van der Waals surface area contributed by atoms with Crippen molar-refractivity contribution in [1.82, 2.24) is 0 Å². The minimum absolute atomic E-state index is 0.0652. The fraction of sp³-hybridized carbons (Fsp3) is 0.231. The highest BCUT2D eigenvalue weighted by Gasteiger charge is 2.34. The third kappa shape index (κ3) is 4.09. The molecule has 0 radical (unpaired) electrons. The lowest BCUT2D eigenvalue weighted by molar-refractivity contribution is -0.146. The van der Waals surface area contributed by atoms with E-state index in [2.05, 4.69) is 24.3 Å². The van der Waals surface area contributed by atoms with Gasteiger partial charge in [0.25, 0.3) is 0 Å². The van der Waals surface area contributed by atoms with Gasteiger partial charge < -0.3 is 15.6 Å². The molecule has 0 saturated heterocycles. The number of fused-ring (bicyclic) bond motifs is 3. The van der Waals surface area contributed by atoms with E-state index in [9.17, 15) is 14.7 Å². The highest BCUT2D eigenvalue weighted by atomic mass is 16.5. The molecule has 3 aromatic carbocycles. The molecule has 4 rings (SSSR count). The normalized spacial score (nSPS) is 14.4. The van der Waals surface area contributed by atoms with Crippen LogP contribution in [0.3, 0.4) is 0 Å². The number of hydrogen-bond acceptors (Lipinski definition) is 4. The van der Waals surface area contributed by atoms with Gasteiger partial charge in [-0.25, -0.2) is 0 Å². The second-order valence-electron chi connectivity index (χ2n) is 7.95. The van der Waals surface area contributed by atoms with Gasteiger partial charge in [0.05, 0.1) is 12.3 Å². The predicted octanol–water partition coefficient (Wildman–Crippen LogP) is 4.24. The Hall–Kier alpha value is -3.44. The predicted molar refractivity (Wildman–Crippen MR) is 119 cm³/mol. The van der Waals surface area contributed by atoms with Crippen molar-refractivity contribution in [2.24, 2.45) is 5.73 Å². The lowest BCUT2D eigenvalue weighted by atomic mass is 9.87. The van der Waals surface area contributed by atoms with Crippen LogP contribution in [0.1, 0.15) is 40.5 Å². The monoisotopic (exact) mass is 415 g/mol. The number of aliphatic carboxylic acids is 1. The summed E-state index contributed by atoms with van der Waals surface area (Å²) in [6.45, 7) is 2.06. The van der Waals surface area contributed by atoms with Crippen molar-refractivity contribution in [1.29, 1.82) is 0 Å². The van der Waals surface area contributed by atoms with E-state index in [1.54, 1.807) is 0 Å². The van der Waals surface area contributed by atoms with E-state index >= 15 is 0 Å². The first kappa shape index (κ1) is 20.8. The van der Waals surface area contributed by atoms with Gasteiger partial charge >= 0.3 is 11.9 Å². The zero-order valence-corrected chi connectivity index (χ0v) is 17.3. The van der Waals surface area contributed by atoms with E-state index in [1.807, 2.05) is 55.5 Å². The van der Waals surface area contributed by atoms with Crippen LogP contribution in [0.25, 0.3) is 11.1 Å². The molecular weight excluding hydrogens is 390 g/mol. The molecule has 0 saturated carbocycles. The number of nitrogens with two attached hydrogens (primary N) is 1. The van der Waals surface area contributed by atoms with Crippen LogP contribution in [0.5, 0.6) is 0 Å². The van der Waals surface area contributed by atoms with Gasteiger partial charge in [-0.05, 0) is 40.3 Å². The van der Waals surface area contributed by atoms with Gasteiger partial charge in [0.1, 0.15) is 6.61 Å². The third-order valence-electron chi connectivity index (χ3n) is 5.97. The Morgan fingerprint density at radius 3 is 2.06 bits per heavy atom. The van der Waals surface area contributed by atoms with E-state index in [0.717, 1.165) is 27.8 Å². The number of carboxylic acids is 1. The molecule has 0 unspecified atom stereocenters. The van der Waals surface area contributed by atoms with Crippen molar-refractivity contribution in [2.45, 2.75) is 31.2 Å². The number of carbonyl (C=O) groups is 2. The summed E-state index contributed by atoms with van der Waals surface area (Å²) in [4.78, 5) is 24.5. The highest BCUT2D eigenvalue weighted by Crippen LogP contribution is 2.44. The van der Waals surface area contributed by atoms with E-state index in [-0.39, 0.29) is 18.9 Å². The van der Waals surface area contributed by atoms with E-state index < -0.39 is 23.9 Å². The molecule has 0 spiro atoms. The minimum Gasteiger partial charge on any atom is -0.481 e. The molecule has 0 aromatic heterocycles. The van der Waals surface area contributed by atoms with Gasteiger partial charge in [0, 0.05) is 12.0 Å². The quantitative estimate of drug-likeness (QED) is 0.564. The number of hydrogen-bond donors (Lipinski definition) is 2. The zero-order chi connectivity index (χ0) is 22.0. The second-order valence-corrected chi connectivity index (χ2v) is 7.95. The van der Waals surface area contributed by atoms with Crippen LogP contribution >= 0.6 is 0 Å². The van der Waals surface area contributed by atoms with Crippen LogP contribution < -0.4 is 5.73 Å². The Balaban J connectivity index is 1.60. The largest absolute Gasteiger partial charge is 0.481 e. The summed E-state index contributed by atoms with van der Waals surface area (Å²) in [6.07, 6.45) is -0.316. The summed E-state index contributed by atoms with van der Waals surface area (Å²) in [5, 5.41) is 9.22. The van der Waals surface area contributed by atoms with Crippen molar-refractivity contribution in [2.75, 3.05) is 6.61 Å². The third-order valence-corrected chi connectivity index (χ3v) is 5.97. The maximum absolute atomic E-state index is 13.2. The average Bonchev–Trinajstić information content (AvgIpc) is 3.07. The molecule has 1 aliphatic carbocycles. The molecule has 2 atom stereocenters. The molecule has 0 fully saturated rings. The number of aryl methyl sites for hydroxylation is 1. The number of benzene rings is 3. The van der Waals surface area contributed by atoms with Crippen molar-refractivity contribution < 1.29 is 19.4 Å². The van der Waals surface area contributed by atoms with Crippen LogP contribution in [-0.2, 0) is 14.3 Å². The van der Waals surface area contributed by atoms with Gasteiger partial charge in [0.2, 0.25) is 0 Å². The van der Waals surface area contributed by atoms with Crippen LogP contribution in [0.4, 0.5) is 0 Å². The van der Waals surface area contributed by atoms with Gasteiger partial charge in [-0.1, -0.05) is 72.8 Å². The van der Waals surface area contributed by atoms with Gasteiger partial charge in [-0.15, -0.1) is 0 Å². The number of esters is 1. The molecule has 1 aliphatic rings. The molecule has 5 nitrogen and oxygen atoms in total. The van der Waals surface area contributed by atoms with Crippen molar-refractivity contribution in [3.8, 4) is 11.1 Å². The molecule has 0 bridgehead atoms. The highest BCUT2D eigenvalue weighted by molar-refractivity contribution is 5.82. The molecule has 158 valence electrons. The molecular formula is C26H25NO4. The average molecular weight is 415 g/mol. The SMILES string of the molecule is Cc1ccccc1[C@@H](C(=O)OCC1c2ccccc2-c2ccccc21)[C@H](N)CC(=O)O. The summed E-state index contributed by atoms with van der Waals surface area (Å²) in [6, 6.07) is 22.7. The number of ether oxygens (including phenoxy) is 1. The van der Waals surface area contributed by atoms with Crippen molar-refractivity contribution in [3.05, 3.63) is 95.1 Å². The Labute approximate surface area is 181 Å². The number of carboxylic acid groups (broad SMARTS) is 1. The fourth-order valence-electron chi connectivity index (χ4n) is 4.48. The summed E-state index contributed by atoms with van der Waals surface area (Å²) >= 11 is 0. The number of carbonyl (C=O) groups excluding carboxylic acids is 1. The topological polar surface area (TPSA) is 89.6 Å². The summed E-state index contributed by atoms with van der Waals surface area (Å²) in [5.41, 5.74) is 12.3. The first-order valence-corrected chi connectivity index (χ1v) is 10.3. The van der Waals surface area contributed by atoms with E-state index in [1.165, 1.54) is 0 Å². The van der Waals surface area contributed by atoms with Gasteiger partial charge in [0.15, 0.2) is 0 Å². The second kappa shape index (κ2) is 8.74. The maximum Gasteiger partial charge on any atom is 0.315 e. The summed E-state index contributed by atoms with van der Waals surface area (Å²) in [7, 11) is 0. The maximum atomic E-state index is 13.2. The van der Waals surface area contributed by atoms with E-state index in [4.69, 9.17) is 10.5 Å². The molecule has 0 aliphatic heterocycles. The first-order chi connectivity index (χ1) is 15.0. The Morgan fingerprint density at radius 2 is 1.48 bits per heavy atom. The first-order valence-electron chi connectivity index (χ1n) is 10.3. The van der Waals surface area contributed by atoms with Crippen LogP contribution in [-0.4, -0.2) is 29.7 Å². The lowest BCUT2D eigenvalue weighted by Gasteiger charge is -2.24. The van der Waals surface area contributed by atoms with Gasteiger partial charge in [-0.3, -0.25) is 9.59 Å². The smallest absolute Gasteiger partial charge is 0.315 e. The summed E-state index contributed by atoms with van der Waals surface area (Å²) < 4.78 is 5.80.